The Hall–Kier alpha value is -1.78. The number of nitro groups is 1. The number of amides is 2. The molecule has 31 heavy (non-hydrogen) atoms. The maximum absolute atomic E-state index is 11.6. The minimum absolute atomic E-state index is 0.430. The molecule has 16 heteroatoms. The third-order valence-electron chi connectivity index (χ3n) is 2.96. The van der Waals surface area contributed by atoms with Crippen LogP contribution in [0.5, 0.6) is 0 Å². The van der Waals surface area contributed by atoms with Crippen molar-refractivity contribution in [1.29, 1.82) is 0 Å². The summed E-state index contributed by atoms with van der Waals surface area (Å²) in [5.74, 6) is 0.979. The van der Waals surface area contributed by atoms with Crippen LogP contribution in [0.3, 0.4) is 0 Å². The van der Waals surface area contributed by atoms with Crippen LogP contribution in [-0.2, 0) is 9.68 Å². The van der Waals surface area contributed by atoms with Crippen LogP contribution in [0.4, 0.5) is 9.59 Å². The Morgan fingerprint density at radius 3 is 1.97 bits per heavy atom. The normalized spacial score (nSPS) is 15.2. The molecule has 12 nitrogen and oxygen atoms in total. The van der Waals surface area contributed by atoms with Crippen molar-refractivity contribution in [2.24, 2.45) is 10.3 Å². The molecule has 1 heterocycles. The molecule has 176 valence electrons. The van der Waals surface area contributed by atoms with Gasteiger partial charge in [-0.15, -0.1) is 35.3 Å². The molecule has 0 spiro atoms. The molecule has 1 aliphatic rings. The van der Waals surface area contributed by atoms with Gasteiger partial charge in [0.05, 0.1) is 17.1 Å². The Balaban J connectivity index is 0.000000743. The number of hydrogen-bond donors (Lipinski definition) is 1. The lowest BCUT2D eigenvalue weighted by Gasteiger charge is -2.19. The van der Waals surface area contributed by atoms with Gasteiger partial charge in [-0.25, -0.2) is 18.2 Å². The van der Waals surface area contributed by atoms with Crippen LogP contribution in [-0.4, -0.2) is 74.7 Å². The number of thioether (sulfide) groups is 3. The Labute approximate surface area is 198 Å². The van der Waals surface area contributed by atoms with Gasteiger partial charge in [0.25, 0.3) is 6.20 Å². The lowest BCUT2D eigenvalue weighted by Crippen LogP contribution is -2.28. The lowest BCUT2D eigenvalue weighted by atomic mass is 10.5. The summed E-state index contributed by atoms with van der Waals surface area (Å²) in [5.41, 5.74) is 0. The van der Waals surface area contributed by atoms with Crippen molar-refractivity contribution < 1.29 is 24.2 Å². The summed E-state index contributed by atoms with van der Waals surface area (Å²) in [7, 11) is 2.88. The second-order valence-electron chi connectivity index (χ2n) is 5.33. The molecule has 0 unspecified atom stereocenters. The van der Waals surface area contributed by atoms with Gasteiger partial charge in [0.15, 0.2) is 0 Å². The monoisotopic (exact) mass is 514 g/mol. The van der Waals surface area contributed by atoms with Crippen molar-refractivity contribution in [2.45, 2.75) is 20.3 Å². The zero-order chi connectivity index (χ0) is 23.8. The fourth-order valence-electron chi connectivity index (χ4n) is 1.34. The van der Waals surface area contributed by atoms with Crippen LogP contribution in [0, 0.1) is 10.1 Å². The molecule has 0 atom stereocenters. The quantitative estimate of drug-likeness (QED) is 0.143. The second kappa shape index (κ2) is 16.9. The third kappa shape index (κ3) is 14.8. The maximum Gasteiger partial charge on any atom is 0.447 e. The molecule has 2 amide bonds. The number of hydrogen-bond acceptors (Lipinski definition) is 13. The highest BCUT2D eigenvalue weighted by atomic mass is 32.2. The van der Waals surface area contributed by atoms with Gasteiger partial charge >= 0.3 is 12.2 Å². The summed E-state index contributed by atoms with van der Waals surface area (Å²) in [5, 5.41) is 22.0. The summed E-state index contributed by atoms with van der Waals surface area (Å²) in [6, 6.07) is 0. The maximum atomic E-state index is 11.6. The Morgan fingerprint density at radius 2 is 1.61 bits per heavy atom. The minimum atomic E-state index is -0.711. The highest BCUT2D eigenvalue weighted by Gasteiger charge is 2.19. The average molecular weight is 515 g/mol. The third-order valence-corrected chi connectivity index (χ3v) is 6.13. The van der Waals surface area contributed by atoms with Crippen molar-refractivity contribution in [3.63, 3.8) is 0 Å². The first-order chi connectivity index (χ1) is 14.6. The molecule has 1 saturated heterocycles. The van der Waals surface area contributed by atoms with E-state index in [1.807, 2.05) is 12.5 Å². The fourth-order valence-corrected chi connectivity index (χ4v) is 3.01. The van der Waals surface area contributed by atoms with Crippen molar-refractivity contribution in [1.82, 2.24) is 13.9 Å². The topological polar surface area (TPSA) is 139 Å². The predicted molar refractivity (Wildman–Crippen MR) is 129 cm³/mol. The lowest BCUT2D eigenvalue weighted by molar-refractivity contribution is -0.403. The van der Waals surface area contributed by atoms with Gasteiger partial charge in [-0.1, -0.05) is 10.3 Å². The Bertz CT molecular complexity index is 659. The summed E-state index contributed by atoms with van der Waals surface area (Å²) < 4.78 is 2.20. The first kappa shape index (κ1) is 29.2. The highest BCUT2D eigenvalue weighted by molar-refractivity contribution is 8.13. The van der Waals surface area contributed by atoms with Gasteiger partial charge in [0.2, 0.25) is 0 Å². The molecule has 1 rings (SSSR count). The summed E-state index contributed by atoms with van der Waals surface area (Å²) in [6.07, 6.45) is 4.30. The molecule has 0 aromatic heterocycles. The van der Waals surface area contributed by atoms with Crippen molar-refractivity contribution in [3.05, 3.63) is 21.3 Å². The first-order valence-electron chi connectivity index (χ1n) is 8.57. The zero-order valence-corrected chi connectivity index (χ0v) is 21.3. The van der Waals surface area contributed by atoms with Crippen molar-refractivity contribution >= 4 is 69.7 Å². The SMILES string of the molecule is CS/C(C)=N\OC(=O)N(C)SN(C)C(=O)O/N=C(/C)SC.O=[N+]([O-])/C=C1/NCCCS1. The van der Waals surface area contributed by atoms with Crippen LogP contribution >= 0.6 is 47.4 Å². The molecule has 1 fully saturated rings. The van der Waals surface area contributed by atoms with Gasteiger partial charge in [-0.2, -0.15) is 0 Å². The Kier molecular flexibility index (Phi) is 15.9. The number of rotatable bonds is 5. The van der Waals surface area contributed by atoms with Crippen molar-refractivity contribution in [3.8, 4) is 0 Å². The second-order valence-corrected chi connectivity index (χ2v) is 9.72. The molecule has 1 aliphatic heterocycles. The molecule has 0 saturated carbocycles. The van der Waals surface area contributed by atoms with Gasteiger partial charge in [-0.3, -0.25) is 19.8 Å². The van der Waals surface area contributed by atoms with Gasteiger partial charge < -0.3 is 5.32 Å². The van der Waals surface area contributed by atoms with Crippen LogP contribution in [0.1, 0.15) is 20.3 Å². The molecule has 0 aromatic rings. The van der Waals surface area contributed by atoms with E-state index in [2.05, 4.69) is 25.3 Å². The van der Waals surface area contributed by atoms with E-state index in [0.29, 0.717) is 15.1 Å². The molecule has 0 radical (unpaired) electrons. The van der Waals surface area contributed by atoms with Gasteiger partial charge in [0.1, 0.15) is 15.1 Å². The number of nitrogens with zero attached hydrogens (tertiary/aromatic N) is 5. The molecule has 0 aliphatic carbocycles. The van der Waals surface area contributed by atoms with E-state index in [1.165, 1.54) is 49.4 Å². The van der Waals surface area contributed by atoms with E-state index in [1.54, 1.807) is 13.8 Å². The standard InChI is InChI=1S/C10H18N4O4S3.C5H8N2O2S/c1-7(19-5)11-17-9(15)13(3)21-14(4)10(16)18-12-8(2)20-6;8-7(9)4-5-6-2-1-3-10-5/h1-6H3;4,6H,1-3H2/b11-7-,12-8-;5-4-. The minimum Gasteiger partial charge on any atom is -0.375 e. The first-order valence-corrected chi connectivity index (χ1v) is 12.7. The molecular weight excluding hydrogens is 488 g/mol. The number of nitrogens with one attached hydrogen (secondary N) is 1. The Morgan fingerprint density at radius 1 is 1.13 bits per heavy atom. The molecular formula is C15H26N6O6S4. The average Bonchev–Trinajstić information content (AvgIpc) is 2.75. The molecule has 0 aromatic carbocycles. The highest BCUT2D eigenvalue weighted by Crippen LogP contribution is 2.17. The fraction of sp³-hybridized carbons (Fsp3) is 0.600. The number of oxime groups is 2. The van der Waals surface area contributed by atoms with E-state index < -0.39 is 17.1 Å². The van der Waals surface area contributed by atoms with E-state index in [0.717, 1.165) is 45.7 Å². The van der Waals surface area contributed by atoms with Crippen LogP contribution in [0.25, 0.3) is 0 Å². The smallest absolute Gasteiger partial charge is 0.375 e. The summed E-state index contributed by atoms with van der Waals surface area (Å²) in [4.78, 5) is 42.0. The van der Waals surface area contributed by atoms with Crippen LogP contribution < -0.4 is 5.32 Å². The van der Waals surface area contributed by atoms with E-state index in [9.17, 15) is 19.7 Å². The largest absolute Gasteiger partial charge is 0.447 e. The van der Waals surface area contributed by atoms with Crippen molar-refractivity contribution in [2.75, 3.05) is 38.9 Å². The van der Waals surface area contributed by atoms with E-state index in [4.69, 9.17) is 0 Å². The number of carbonyl (C=O) groups is 2. The van der Waals surface area contributed by atoms with E-state index in [-0.39, 0.29) is 0 Å². The molecule has 0 bridgehead atoms. The summed E-state index contributed by atoms with van der Waals surface area (Å²) in [6.45, 7) is 4.27. The van der Waals surface area contributed by atoms with Crippen LogP contribution in [0.15, 0.2) is 21.5 Å². The predicted octanol–water partition coefficient (Wildman–Crippen LogP) is 3.87. The van der Waals surface area contributed by atoms with Gasteiger partial charge in [-0.05, 0) is 32.8 Å². The molecule has 1 N–H and O–H groups in total. The summed E-state index contributed by atoms with van der Waals surface area (Å²) >= 11 is 5.01. The van der Waals surface area contributed by atoms with Gasteiger partial charge in [0, 0.05) is 26.4 Å². The zero-order valence-electron chi connectivity index (χ0n) is 18.0. The van der Waals surface area contributed by atoms with Crippen LogP contribution in [0.2, 0.25) is 0 Å². The number of carbonyl (C=O) groups excluding carboxylic acids is 2. The van der Waals surface area contributed by atoms with E-state index >= 15 is 0 Å².